The van der Waals surface area contributed by atoms with E-state index in [2.05, 4.69) is 4.98 Å². The number of carbonyl (C=O) groups excluding carboxylic acids is 1. The van der Waals surface area contributed by atoms with Crippen LogP contribution in [0.5, 0.6) is 5.75 Å². The molecule has 0 aliphatic carbocycles. The Morgan fingerprint density at radius 1 is 0.952 bits per heavy atom. The standard InChI is InChI=1S/C32H27F3N4O3/c1-21(30-37-28-8-4-3-7-27(28)31(41)39(30)25-13-15-26(42-2)16-14-25)38(20-23-6-5-17-36-19-23)29(40)18-22-9-11-24(12-10-22)32(33,34)35/h3-17,19,21H,18,20H2,1-2H3/t21-/m1/s1. The Kier molecular flexibility index (Phi) is 8.06. The topological polar surface area (TPSA) is 77.3 Å². The molecule has 3 aromatic carbocycles. The number of amides is 1. The molecular weight excluding hydrogens is 545 g/mol. The first kappa shape index (κ1) is 28.5. The third-order valence-electron chi connectivity index (χ3n) is 7.01. The van der Waals surface area contributed by atoms with E-state index in [1.54, 1.807) is 85.9 Å². The molecule has 0 aliphatic heterocycles. The van der Waals surface area contributed by atoms with Crippen molar-refractivity contribution in [3.05, 3.63) is 130 Å². The van der Waals surface area contributed by atoms with E-state index >= 15 is 0 Å². The number of para-hydroxylation sites is 1. The van der Waals surface area contributed by atoms with Crippen molar-refractivity contribution >= 4 is 16.8 Å². The van der Waals surface area contributed by atoms with Crippen LogP contribution >= 0.6 is 0 Å². The lowest BCUT2D eigenvalue weighted by Crippen LogP contribution is -2.38. The Morgan fingerprint density at radius 3 is 2.31 bits per heavy atom. The van der Waals surface area contributed by atoms with Crippen LogP contribution in [0, 0.1) is 0 Å². The van der Waals surface area contributed by atoms with Gasteiger partial charge in [-0.3, -0.25) is 19.1 Å². The van der Waals surface area contributed by atoms with E-state index in [1.807, 2.05) is 6.07 Å². The van der Waals surface area contributed by atoms with E-state index in [0.717, 1.165) is 17.7 Å². The van der Waals surface area contributed by atoms with Crippen LogP contribution in [0.25, 0.3) is 16.6 Å². The number of pyridine rings is 1. The van der Waals surface area contributed by atoms with Crippen LogP contribution in [-0.2, 0) is 23.9 Å². The zero-order valence-electron chi connectivity index (χ0n) is 22.9. The summed E-state index contributed by atoms with van der Waals surface area (Å²) < 4.78 is 46.0. The summed E-state index contributed by atoms with van der Waals surface area (Å²) in [5.74, 6) is 0.586. The van der Waals surface area contributed by atoms with Gasteiger partial charge in [-0.1, -0.05) is 30.3 Å². The molecule has 0 N–H and O–H groups in total. The van der Waals surface area contributed by atoms with Crippen molar-refractivity contribution in [3.63, 3.8) is 0 Å². The van der Waals surface area contributed by atoms with Gasteiger partial charge in [0.25, 0.3) is 5.56 Å². The van der Waals surface area contributed by atoms with E-state index in [0.29, 0.717) is 33.7 Å². The lowest BCUT2D eigenvalue weighted by molar-refractivity contribution is -0.137. The van der Waals surface area contributed by atoms with Crippen molar-refractivity contribution in [1.29, 1.82) is 0 Å². The average Bonchev–Trinajstić information content (AvgIpc) is 3.00. The molecule has 0 fully saturated rings. The smallest absolute Gasteiger partial charge is 0.416 e. The predicted octanol–water partition coefficient (Wildman–Crippen LogP) is 6.14. The van der Waals surface area contributed by atoms with E-state index in [1.165, 1.54) is 16.7 Å². The number of fused-ring (bicyclic) bond motifs is 1. The number of carbonyl (C=O) groups is 1. The highest BCUT2D eigenvalue weighted by Crippen LogP contribution is 2.30. The number of ether oxygens (including phenoxy) is 1. The van der Waals surface area contributed by atoms with Crippen molar-refractivity contribution in [2.45, 2.75) is 32.1 Å². The highest BCUT2D eigenvalue weighted by atomic mass is 19.4. The minimum atomic E-state index is -4.48. The maximum Gasteiger partial charge on any atom is 0.416 e. The summed E-state index contributed by atoms with van der Waals surface area (Å²) in [5, 5.41) is 0.416. The molecule has 7 nitrogen and oxygen atoms in total. The van der Waals surface area contributed by atoms with Crippen LogP contribution in [0.15, 0.2) is 102 Å². The largest absolute Gasteiger partial charge is 0.497 e. The Bertz CT molecular complexity index is 1750. The lowest BCUT2D eigenvalue weighted by Gasteiger charge is -2.31. The molecule has 2 heterocycles. The van der Waals surface area contributed by atoms with Crippen LogP contribution in [-0.4, -0.2) is 32.5 Å². The molecule has 0 unspecified atom stereocenters. The third kappa shape index (κ3) is 6.02. The van der Waals surface area contributed by atoms with Crippen molar-refractivity contribution in [2.24, 2.45) is 0 Å². The molecule has 42 heavy (non-hydrogen) atoms. The molecule has 0 aliphatic rings. The zero-order chi connectivity index (χ0) is 29.9. The Morgan fingerprint density at radius 2 is 1.67 bits per heavy atom. The molecule has 0 saturated carbocycles. The summed E-state index contributed by atoms with van der Waals surface area (Å²) in [7, 11) is 1.55. The molecule has 5 rings (SSSR count). The lowest BCUT2D eigenvalue weighted by atomic mass is 10.1. The highest BCUT2D eigenvalue weighted by molar-refractivity contribution is 5.80. The van der Waals surface area contributed by atoms with Gasteiger partial charge in [0.2, 0.25) is 5.91 Å². The van der Waals surface area contributed by atoms with Crippen LogP contribution < -0.4 is 10.3 Å². The number of rotatable bonds is 8. The van der Waals surface area contributed by atoms with Gasteiger partial charge in [0.05, 0.1) is 41.7 Å². The maximum absolute atomic E-state index is 13.8. The quantitative estimate of drug-likeness (QED) is 0.223. The molecule has 214 valence electrons. The fourth-order valence-corrected chi connectivity index (χ4v) is 4.77. The van der Waals surface area contributed by atoms with Gasteiger partial charge in [-0.05, 0) is 72.6 Å². The van der Waals surface area contributed by atoms with Crippen molar-refractivity contribution < 1.29 is 22.7 Å². The number of benzene rings is 3. The van der Waals surface area contributed by atoms with Gasteiger partial charge in [0.15, 0.2) is 0 Å². The molecule has 0 bridgehead atoms. The summed E-state index contributed by atoms with van der Waals surface area (Å²) in [6.07, 6.45) is -1.37. The number of alkyl halides is 3. The van der Waals surface area contributed by atoms with Gasteiger partial charge < -0.3 is 9.64 Å². The Labute approximate surface area is 239 Å². The first-order chi connectivity index (χ1) is 20.2. The molecule has 10 heteroatoms. The van der Waals surface area contributed by atoms with Gasteiger partial charge in [-0.25, -0.2) is 4.98 Å². The summed E-state index contributed by atoms with van der Waals surface area (Å²) >= 11 is 0. The minimum Gasteiger partial charge on any atom is -0.497 e. The fourth-order valence-electron chi connectivity index (χ4n) is 4.77. The minimum absolute atomic E-state index is 0.139. The normalized spacial score (nSPS) is 12.2. The number of nitrogens with zero attached hydrogens (tertiary/aromatic N) is 4. The zero-order valence-corrected chi connectivity index (χ0v) is 22.9. The van der Waals surface area contributed by atoms with Crippen LogP contribution in [0.3, 0.4) is 0 Å². The maximum atomic E-state index is 13.8. The fraction of sp³-hybridized carbons (Fsp3) is 0.188. The summed E-state index contributed by atoms with van der Waals surface area (Å²) in [6, 6.07) is 21.3. The van der Waals surface area contributed by atoms with E-state index in [4.69, 9.17) is 9.72 Å². The second kappa shape index (κ2) is 11.9. The molecule has 1 amide bonds. The Balaban J connectivity index is 1.59. The average molecular weight is 573 g/mol. The molecule has 1 atom stereocenters. The third-order valence-corrected chi connectivity index (χ3v) is 7.01. The number of aromatic nitrogens is 3. The molecule has 0 spiro atoms. The van der Waals surface area contributed by atoms with Gasteiger partial charge in [0, 0.05) is 18.9 Å². The molecule has 2 aromatic heterocycles. The first-order valence-corrected chi connectivity index (χ1v) is 13.2. The second-order valence-electron chi connectivity index (χ2n) is 9.76. The van der Waals surface area contributed by atoms with E-state index < -0.39 is 17.8 Å². The SMILES string of the molecule is COc1ccc(-n2c([C@@H](C)N(Cc3cccnc3)C(=O)Cc3ccc(C(F)(F)F)cc3)nc3ccccc3c2=O)cc1. The molecule has 0 saturated heterocycles. The van der Waals surface area contributed by atoms with Crippen LogP contribution in [0.1, 0.15) is 35.5 Å². The van der Waals surface area contributed by atoms with Gasteiger partial charge in [-0.15, -0.1) is 0 Å². The summed E-state index contributed by atoms with van der Waals surface area (Å²) in [6.45, 7) is 1.91. The van der Waals surface area contributed by atoms with Gasteiger partial charge in [0.1, 0.15) is 11.6 Å². The van der Waals surface area contributed by atoms with Gasteiger partial charge in [-0.2, -0.15) is 13.2 Å². The monoisotopic (exact) mass is 572 g/mol. The number of methoxy groups -OCH3 is 1. The Hall–Kier alpha value is -4.99. The van der Waals surface area contributed by atoms with Crippen molar-refractivity contribution in [1.82, 2.24) is 19.4 Å². The van der Waals surface area contributed by atoms with E-state index in [9.17, 15) is 22.8 Å². The van der Waals surface area contributed by atoms with Crippen molar-refractivity contribution in [3.8, 4) is 11.4 Å². The second-order valence-corrected chi connectivity index (χ2v) is 9.76. The predicted molar refractivity (Wildman–Crippen MR) is 152 cm³/mol. The van der Waals surface area contributed by atoms with Crippen molar-refractivity contribution in [2.75, 3.05) is 7.11 Å². The van der Waals surface area contributed by atoms with Crippen LogP contribution in [0.2, 0.25) is 0 Å². The molecule has 5 aromatic rings. The van der Waals surface area contributed by atoms with Gasteiger partial charge >= 0.3 is 6.18 Å². The summed E-state index contributed by atoms with van der Waals surface area (Å²) in [4.78, 5) is 38.3. The molecule has 0 radical (unpaired) electrons. The molecular formula is C32H27F3N4O3. The summed E-state index contributed by atoms with van der Waals surface area (Å²) in [5.41, 5.74) is 1.09. The van der Waals surface area contributed by atoms with Crippen LogP contribution in [0.4, 0.5) is 13.2 Å². The van der Waals surface area contributed by atoms with E-state index in [-0.39, 0.29) is 24.4 Å². The number of halogens is 3. The number of hydrogen-bond donors (Lipinski definition) is 0. The highest BCUT2D eigenvalue weighted by Gasteiger charge is 2.31. The first-order valence-electron chi connectivity index (χ1n) is 13.2. The number of hydrogen-bond acceptors (Lipinski definition) is 5.